The normalized spacial score (nSPS) is 16.1. The Bertz CT molecular complexity index is 733. The number of morpholine rings is 1. The van der Waals surface area contributed by atoms with Gasteiger partial charge in [-0.25, -0.2) is 0 Å². The topological polar surface area (TPSA) is 72.6 Å². The van der Waals surface area contributed by atoms with Crippen molar-refractivity contribution in [2.45, 2.75) is 12.8 Å². The van der Waals surface area contributed by atoms with Crippen molar-refractivity contribution in [2.24, 2.45) is 11.7 Å². The summed E-state index contributed by atoms with van der Waals surface area (Å²) in [5, 5.41) is 2.22. The minimum Gasteiger partial charge on any atom is -0.378 e. The summed E-state index contributed by atoms with van der Waals surface area (Å²) in [6.45, 7) is 2.27. The van der Waals surface area contributed by atoms with E-state index in [0.29, 0.717) is 32.7 Å². The predicted molar refractivity (Wildman–Crippen MR) is 92.4 cm³/mol. The van der Waals surface area contributed by atoms with Gasteiger partial charge in [-0.2, -0.15) is 0 Å². The number of hydrogen-bond acceptors (Lipinski definition) is 3. The zero-order valence-corrected chi connectivity index (χ0v) is 13.6. The molecule has 1 atom stereocenters. The predicted octanol–water partition coefficient (Wildman–Crippen LogP) is 1.73. The highest BCUT2D eigenvalue weighted by Gasteiger charge is 2.25. The second-order valence-electron chi connectivity index (χ2n) is 6.14. The van der Waals surface area contributed by atoms with Crippen molar-refractivity contribution >= 4 is 22.6 Å². The summed E-state index contributed by atoms with van der Waals surface area (Å²) in [6, 6.07) is 14.0. The van der Waals surface area contributed by atoms with Gasteiger partial charge in [-0.15, -0.1) is 0 Å². The number of hydrogen-bond donors (Lipinski definition) is 1. The highest BCUT2D eigenvalue weighted by atomic mass is 16.5. The summed E-state index contributed by atoms with van der Waals surface area (Å²) >= 11 is 0. The maximum Gasteiger partial charge on any atom is 0.223 e. The fourth-order valence-electron chi connectivity index (χ4n) is 3.16. The smallest absolute Gasteiger partial charge is 0.223 e. The Morgan fingerprint density at radius 2 is 1.79 bits per heavy atom. The molecule has 2 aromatic rings. The molecule has 1 saturated heterocycles. The fraction of sp³-hybridized carbons (Fsp3) is 0.368. The Kier molecular flexibility index (Phi) is 5.11. The van der Waals surface area contributed by atoms with Crippen molar-refractivity contribution in [3.63, 3.8) is 0 Å². The number of fused-ring (bicyclic) bond motifs is 1. The van der Waals surface area contributed by atoms with Gasteiger partial charge in [-0.3, -0.25) is 9.59 Å². The van der Waals surface area contributed by atoms with Crippen LogP contribution in [0.1, 0.15) is 12.0 Å². The highest BCUT2D eigenvalue weighted by Crippen LogP contribution is 2.23. The molecule has 2 aromatic carbocycles. The molecule has 0 spiro atoms. The second kappa shape index (κ2) is 7.45. The lowest BCUT2D eigenvalue weighted by atomic mass is 9.92. The molecular formula is C19H22N2O3. The number of rotatable bonds is 5. The standard InChI is InChI=1S/C19H22N2O3/c20-19(23)16(13-18(22)21-8-10-24-11-9-21)12-15-6-3-5-14-4-1-2-7-17(14)15/h1-7,16H,8-13H2,(H2,20,23)/t16-/m1/s1. The summed E-state index contributed by atoms with van der Waals surface area (Å²) < 4.78 is 5.26. The van der Waals surface area contributed by atoms with Gasteiger partial charge in [-0.1, -0.05) is 42.5 Å². The number of nitrogens with zero attached hydrogens (tertiary/aromatic N) is 1. The number of amides is 2. The summed E-state index contributed by atoms with van der Waals surface area (Å²) in [5.74, 6) is -0.946. The van der Waals surface area contributed by atoms with E-state index in [4.69, 9.17) is 10.5 Å². The van der Waals surface area contributed by atoms with Gasteiger partial charge >= 0.3 is 0 Å². The van der Waals surface area contributed by atoms with Crippen LogP contribution in [-0.4, -0.2) is 43.0 Å². The quantitative estimate of drug-likeness (QED) is 0.909. The molecule has 2 N–H and O–H groups in total. The lowest BCUT2D eigenvalue weighted by molar-refractivity contribution is -0.138. The third kappa shape index (κ3) is 3.74. The molecule has 5 nitrogen and oxygen atoms in total. The van der Waals surface area contributed by atoms with Crippen LogP contribution in [0.5, 0.6) is 0 Å². The van der Waals surface area contributed by atoms with Crippen LogP contribution >= 0.6 is 0 Å². The Balaban J connectivity index is 1.76. The van der Waals surface area contributed by atoms with Crippen molar-refractivity contribution in [1.82, 2.24) is 4.90 Å². The van der Waals surface area contributed by atoms with Crippen molar-refractivity contribution in [3.05, 3.63) is 48.0 Å². The number of nitrogens with two attached hydrogens (primary N) is 1. The van der Waals surface area contributed by atoms with Crippen LogP contribution in [-0.2, 0) is 20.7 Å². The lowest BCUT2D eigenvalue weighted by Gasteiger charge is -2.28. The monoisotopic (exact) mass is 326 g/mol. The zero-order valence-electron chi connectivity index (χ0n) is 13.6. The van der Waals surface area contributed by atoms with E-state index in [1.165, 1.54) is 0 Å². The molecule has 1 fully saturated rings. The molecule has 24 heavy (non-hydrogen) atoms. The minimum atomic E-state index is -0.494. The van der Waals surface area contributed by atoms with Gasteiger partial charge < -0.3 is 15.4 Å². The lowest BCUT2D eigenvalue weighted by Crippen LogP contribution is -2.42. The third-order valence-electron chi connectivity index (χ3n) is 4.53. The van der Waals surface area contributed by atoms with E-state index in [1.54, 1.807) is 4.90 Å². The van der Waals surface area contributed by atoms with E-state index >= 15 is 0 Å². The first kappa shape index (κ1) is 16.5. The molecule has 2 amide bonds. The van der Waals surface area contributed by atoms with Crippen molar-refractivity contribution < 1.29 is 14.3 Å². The molecule has 126 valence electrons. The molecule has 1 aliphatic heterocycles. The molecule has 0 bridgehead atoms. The van der Waals surface area contributed by atoms with Crippen LogP contribution in [0.2, 0.25) is 0 Å². The van der Waals surface area contributed by atoms with E-state index in [9.17, 15) is 9.59 Å². The van der Waals surface area contributed by atoms with Gasteiger partial charge in [0.25, 0.3) is 0 Å². The Hall–Kier alpha value is -2.40. The highest BCUT2D eigenvalue weighted by molar-refractivity contribution is 5.88. The Labute approximate surface area is 141 Å². The second-order valence-corrected chi connectivity index (χ2v) is 6.14. The number of carbonyl (C=O) groups is 2. The number of primary amides is 1. The third-order valence-corrected chi connectivity index (χ3v) is 4.53. The van der Waals surface area contributed by atoms with Gasteiger partial charge in [0.15, 0.2) is 0 Å². The molecule has 0 radical (unpaired) electrons. The Morgan fingerprint density at radius 1 is 1.08 bits per heavy atom. The summed E-state index contributed by atoms with van der Waals surface area (Å²) in [7, 11) is 0. The molecule has 1 aliphatic rings. The van der Waals surface area contributed by atoms with E-state index in [-0.39, 0.29) is 12.3 Å². The van der Waals surface area contributed by atoms with Gasteiger partial charge in [0, 0.05) is 19.5 Å². The molecule has 1 heterocycles. The summed E-state index contributed by atoms with van der Waals surface area (Å²) in [5.41, 5.74) is 6.62. The summed E-state index contributed by atoms with van der Waals surface area (Å²) in [4.78, 5) is 26.1. The van der Waals surface area contributed by atoms with E-state index < -0.39 is 11.8 Å². The molecule has 0 aromatic heterocycles. The van der Waals surface area contributed by atoms with Crippen LogP contribution in [0.3, 0.4) is 0 Å². The van der Waals surface area contributed by atoms with E-state index in [0.717, 1.165) is 16.3 Å². The van der Waals surface area contributed by atoms with Gasteiger partial charge in [0.05, 0.1) is 19.1 Å². The van der Waals surface area contributed by atoms with Crippen LogP contribution in [0.15, 0.2) is 42.5 Å². The van der Waals surface area contributed by atoms with Crippen LogP contribution in [0, 0.1) is 5.92 Å². The first-order valence-corrected chi connectivity index (χ1v) is 8.26. The number of carbonyl (C=O) groups excluding carboxylic acids is 2. The SMILES string of the molecule is NC(=O)[C@@H](CC(=O)N1CCOCC1)Cc1cccc2ccccc12. The van der Waals surface area contributed by atoms with Crippen LogP contribution in [0.25, 0.3) is 10.8 Å². The first-order chi connectivity index (χ1) is 11.6. The van der Waals surface area contributed by atoms with Crippen molar-refractivity contribution in [1.29, 1.82) is 0 Å². The molecular weight excluding hydrogens is 304 g/mol. The molecule has 0 unspecified atom stereocenters. The molecule has 0 saturated carbocycles. The number of ether oxygens (including phenoxy) is 1. The van der Waals surface area contributed by atoms with E-state index in [2.05, 4.69) is 0 Å². The van der Waals surface area contributed by atoms with Gasteiger partial charge in [0.1, 0.15) is 0 Å². The number of benzene rings is 2. The van der Waals surface area contributed by atoms with Gasteiger partial charge in [0.2, 0.25) is 11.8 Å². The molecule has 3 rings (SSSR count). The molecule has 0 aliphatic carbocycles. The van der Waals surface area contributed by atoms with E-state index in [1.807, 2.05) is 42.5 Å². The zero-order chi connectivity index (χ0) is 16.9. The van der Waals surface area contributed by atoms with Crippen molar-refractivity contribution in [3.8, 4) is 0 Å². The minimum absolute atomic E-state index is 0.0256. The largest absolute Gasteiger partial charge is 0.378 e. The fourth-order valence-corrected chi connectivity index (χ4v) is 3.16. The average Bonchev–Trinajstić information content (AvgIpc) is 2.62. The van der Waals surface area contributed by atoms with Crippen LogP contribution in [0.4, 0.5) is 0 Å². The summed E-state index contributed by atoms with van der Waals surface area (Å²) in [6.07, 6.45) is 0.630. The molecule has 5 heteroatoms. The van der Waals surface area contributed by atoms with Crippen LogP contribution < -0.4 is 5.73 Å². The maximum absolute atomic E-state index is 12.4. The van der Waals surface area contributed by atoms with Crippen molar-refractivity contribution in [2.75, 3.05) is 26.3 Å². The average molecular weight is 326 g/mol. The maximum atomic E-state index is 12.4. The Morgan fingerprint density at radius 3 is 2.54 bits per heavy atom. The first-order valence-electron chi connectivity index (χ1n) is 8.26. The van der Waals surface area contributed by atoms with Gasteiger partial charge in [-0.05, 0) is 22.8 Å².